The largest absolute Gasteiger partial charge is 0.478 e. The third kappa shape index (κ3) is 5.78. The molecule has 3 aromatic rings. The molecule has 5 rings (SSSR count). The maximum atomic E-state index is 12.7. The van der Waals surface area contributed by atoms with E-state index in [0.717, 1.165) is 52.8 Å². The first-order valence-electron chi connectivity index (χ1n) is 12.1. The van der Waals surface area contributed by atoms with Crippen LogP contribution in [0.25, 0.3) is 5.70 Å². The summed E-state index contributed by atoms with van der Waals surface area (Å²) >= 11 is 2.39. The molecular weight excluding hydrogens is 583 g/mol. The van der Waals surface area contributed by atoms with Crippen LogP contribution in [0, 0.1) is 0 Å². The fourth-order valence-electron chi connectivity index (χ4n) is 4.71. The third-order valence-electron chi connectivity index (χ3n) is 6.76. The van der Waals surface area contributed by atoms with Crippen LogP contribution in [0.3, 0.4) is 0 Å². The molecule has 37 heavy (non-hydrogen) atoms. The van der Waals surface area contributed by atoms with Gasteiger partial charge in [-0.2, -0.15) is 0 Å². The Morgan fingerprint density at radius 3 is 2.35 bits per heavy atom. The molecule has 2 aromatic carbocycles. The van der Waals surface area contributed by atoms with Crippen molar-refractivity contribution in [3.63, 3.8) is 0 Å². The Kier molecular flexibility index (Phi) is 7.43. The van der Waals surface area contributed by atoms with Crippen LogP contribution in [-0.2, 0) is 4.74 Å². The number of nitrogens with zero attached hydrogens (tertiary/aromatic N) is 3. The van der Waals surface area contributed by atoms with Crippen LogP contribution in [0.4, 0.5) is 10.5 Å². The molecule has 0 unspecified atom stereocenters. The van der Waals surface area contributed by atoms with E-state index >= 15 is 0 Å². The molecule has 0 bridgehead atoms. The highest BCUT2D eigenvalue weighted by molar-refractivity contribution is 14.1. The zero-order chi connectivity index (χ0) is 25.8. The molecule has 0 saturated carbocycles. The van der Waals surface area contributed by atoms with E-state index in [1.165, 1.54) is 12.1 Å². The summed E-state index contributed by atoms with van der Waals surface area (Å²) in [5, 5.41) is 9.13. The van der Waals surface area contributed by atoms with Gasteiger partial charge in [0.2, 0.25) is 0 Å². The van der Waals surface area contributed by atoms with Gasteiger partial charge in [-0.25, -0.2) is 14.6 Å². The van der Waals surface area contributed by atoms with Crippen molar-refractivity contribution in [1.82, 2.24) is 9.88 Å². The van der Waals surface area contributed by atoms with Gasteiger partial charge in [0.15, 0.2) is 0 Å². The van der Waals surface area contributed by atoms with Crippen molar-refractivity contribution in [3.05, 3.63) is 99.2 Å². The van der Waals surface area contributed by atoms with Gasteiger partial charge in [0.1, 0.15) is 11.1 Å². The highest BCUT2D eigenvalue weighted by Gasteiger charge is 2.47. The number of aromatic carboxylic acids is 1. The van der Waals surface area contributed by atoms with Gasteiger partial charge >= 0.3 is 12.1 Å². The van der Waals surface area contributed by atoms with Crippen LogP contribution in [0.1, 0.15) is 28.8 Å². The van der Waals surface area contributed by atoms with Gasteiger partial charge < -0.3 is 14.8 Å². The molecule has 8 nitrogen and oxygen atoms in total. The number of aromatic nitrogens is 1. The van der Waals surface area contributed by atoms with Crippen LogP contribution in [0.5, 0.6) is 0 Å². The number of piperidine rings is 1. The van der Waals surface area contributed by atoms with E-state index in [2.05, 4.69) is 44.6 Å². The molecule has 190 valence electrons. The van der Waals surface area contributed by atoms with Crippen LogP contribution >= 0.6 is 22.6 Å². The van der Waals surface area contributed by atoms with Crippen molar-refractivity contribution < 1.29 is 19.4 Å². The Hall–Kier alpha value is -3.44. The fourth-order valence-corrected chi connectivity index (χ4v) is 5.62. The van der Waals surface area contributed by atoms with E-state index in [1.807, 2.05) is 42.6 Å². The van der Waals surface area contributed by atoms with Gasteiger partial charge in [-0.15, -0.1) is 0 Å². The quantitative estimate of drug-likeness (QED) is 0.387. The summed E-state index contributed by atoms with van der Waals surface area (Å²) in [6.45, 7) is 2.81. The minimum absolute atomic E-state index is 0.189. The van der Waals surface area contributed by atoms with Gasteiger partial charge in [0.05, 0.1) is 17.8 Å². The molecular formula is C28H27IN4O4. The maximum absolute atomic E-state index is 12.7. The molecule has 2 aliphatic rings. The molecule has 0 aliphatic carbocycles. The standard InChI is InChI=1S/C28H27IN4O4/c29-23(25(20-6-2-1-3-7-20)31-24-8-4-5-15-30-24)18-32-16-13-28(14-17-32)19-33(27(36)37-28)22-11-9-21(10-12-22)26(34)35/h1-12,15H,13-14,16-19H2,(H,30,31)(H,34,35)/b25-23-. The van der Waals surface area contributed by atoms with Gasteiger partial charge in [-0.3, -0.25) is 9.80 Å². The summed E-state index contributed by atoms with van der Waals surface area (Å²) in [4.78, 5) is 35.9. The average molecular weight is 610 g/mol. The van der Waals surface area contributed by atoms with Crippen LogP contribution in [-0.4, -0.2) is 58.8 Å². The lowest BCUT2D eigenvalue weighted by molar-refractivity contribution is 0.00351. The number of rotatable bonds is 6. The smallest absolute Gasteiger partial charge is 0.415 e. The number of ether oxygens (including phenoxy) is 1. The fraction of sp³-hybridized carbons (Fsp3) is 0.250. The number of pyridine rings is 1. The first-order chi connectivity index (χ1) is 17.9. The molecule has 2 saturated heterocycles. The molecule has 9 heteroatoms. The van der Waals surface area contributed by atoms with Crippen LogP contribution in [0.15, 0.2) is 87.6 Å². The number of carboxylic acid groups (broad SMARTS) is 1. The Balaban J connectivity index is 1.29. The summed E-state index contributed by atoms with van der Waals surface area (Å²) in [6, 6.07) is 22.4. The number of benzene rings is 2. The first kappa shape index (κ1) is 25.2. The average Bonchev–Trinajstić information content (AvgIpc) is 3.25. The summed E-state index contributed by atoms with van der Waals surface area (Å²) in [5.74, 6) is -0.992. The first-order valence-corrected chi connectivity index (χ1v) is 13.2. The molecule has 2 N–H and O–H groups in total. The Morgan fingerprint density at radius 2 is 1.70 bits per heavy atom. The Labute approximate surface area is 228 Å². The SMILES string of the molecule is O=C(O)c1ccc(N2CC3(CCN(C/C(I)=C(/N=c4/cccc[nH]4)c4ccccc4)CC3)OC2=O)cc1. The molecule has 0 radical (unpaired) electrons. The van der Waals surface area contributed by atoms with Crippen molar-refractivity contribution in [3.8, 4) is 0 Å². The number of carbonyl (C=O) groups is 2. The highest BCUT2D eigenvalue weighted by Crippen LogP contribution is 2.36. The minimum atomic E-state index is -0.992. The zero-order valence-electron chi connectivity index (χ0n) is 20.1. The normalized spacial score (nSPS) is 18.6. The number of carbonyl (C=O) groups excluding carboxylic acids is 1. The molecule has 3 heterocycles. The van der Waals surface area contributed by atoms with Crippen molar-refractivity contribution in [2.75, 3.05) is 31.1 Å². The van der Waals surface area contributed by atoms with Crippen molar-refractivity contribution in [1.29, 1.82) is 0 Å². The van der Waals surface area contributed by atoms with E-state index in [4.69, 9.17) is 14.8 Å². The van der Waals surface area contributed by atoms with E-state index < -0.39 is 11.6 Å². The lowest BCUT2D eigenvalue weighted by Gasteiger charge is -2.37. The molecule has 2 aliphatic heterocycles. The number of hydrogen-bond donors (Lipinski definition) is 2. The van der Waals surface area contributed by atoms with Gasteiger partial charge in [-0.05, 0) is 59.0 Å². The Morgan fingerprint density at radius 1 is 1.00 bits per heavy atom. The second-order valence-corrected chi connectivity index (χ2v) is 10.5. The predicted octanol–water partition coefficient (Wildman–Crippen LogP) is 4.91. The molecule has 1 amide bonds. The second kappa shape index (κ2) is 10.9. The minimum Gasteiger partial charge on any atom is -0.478 e. The molecule has 1 spiro atoms. The van der Waals surface area contributed by atoms with Crippen molar-refractivity contribution >= 4 is 46.0 Å². The summed E-state index contributed by atoms with van der Waals surface area (Å²) in [5.41, 5.74) is 3.11. The van der Waals surface area contributed by atoms with Crippen molar-refractivity contribution in [2.45, 2.75) is 18.4 Å². The lowest BCUT2D eigenvalue weighted by Crippen LogP contribution is -2.47. The van der Waals surface area contributed by atoms with E-state index in [9.17, 15) is 9.59 Å². The van der Waals surface area contributed by atoms with Crippen molar-refractivity contribution in [2.24, 2.45) is 4.99 Å². The van der Waals surface area contributed by atoms with E-state index in [1.54, 1.807) is 17.0 Å². The van der Waals surface area contributed by atoms with Gasteiger partial charge in [0, 0.05) is 53.5 Å². The second-order valence-electron chi connectivity index (χ2n) is 9.24. The van der Waals surface area contributed by atoms with E-state index in [-0.39, 0.29) is 11.7 Å². The monoisotopic (exact) mass is 610 g/mol. The molecule has 0 atom stereocenters. The molecule has 2 fully saturated rings. The maximum Gasteiger partial charge on any atom is 0.415 e. The number of anilines is 1. The topological polar surface area (TPSA) is 98.2 Å². The predicted molar refractivity (Wildman–Crippen MR) is 149 cm³/mol. The summed E-state index contributed by atoms with van der Waals surface area (Å²) < 4.78 is 7.03. The Bertz CT molecular complexity index is 1360. The third-order valence-corrected chi connectivity index (χ3v) is 7.61. The number of halogens is 1. The zero-order valence-corrected chi connectivity index (χ0v) is 22.3. The summed E-state index contributed by atoms with van der Waals surface area (Å²) in [7, 11) is 0. The van der Waals surface area contributed by atoms with Crippen LogP contribution in [0.2, 0.25) is 0 Å². The van der Waals surface area contributed by atoms with Crippen LogP contribution < -0.4 is 10.4 Å². The number of hydrogen-bond acceptors (Lipinski definition) is 5. The lowest BCUT2D eigenvalue weighted by atomic mass is 9.91. The number of aromatic amines is 1. The summed E-state index contributed by atoms with van der Waals surface area (Å²) in [6.07, 6.45) is 2.95. The number of likely N-dealkylation sites (tertiary alicyclic amines) is 1. The van der Waals surface area contributed by atoms with E-state index in [0.29, 0.717) is 12.2 Å². The number of carboxylic acids is 1. The number of nitrogens with one attached hydrogen (secondary N) is 1. The number of H-pyrrole nitrogens is 1. The van der Waals surface area contributed by atoms with Gasteiger partial charge in [-0.1, -0.05) is 36.4 Å². The van der Waals surface area contributed by atoms with Gasteiger partial charge in [0.25, 0.3) is 0 Å². The number of amides is 1. The molecule has 1 aromatic heterocycles. The highest BCUT2D eigenvalue weighted by atomic mass is 127.